The monoisotopic (exact) mass is 113 g/mol. The summed E-state index contributed by atoms with van der Waals surface area (Å²) in [5.41, 5.74) is 4.11. The first kappa shape index (κ1) is 6.81. The molecule has 0 aliphatic carbocycles. The Morgan fingerprint density at radius 2 is 1.88 bits per heavy atom. The molecule has 4 heteroatoms. The lowest BCUT2D eigenvalue weighted by molar-refractivity contribution is -0.111. The molecule has 0 saturated heterocycles. The highest BCUT2D eigenvalue weighted by molar-refractivity contribution is 6.64. The van der Waals surface area contributed by atoms with Crippen LogP contribution in [-0.4, -0.2) is 17.3 Å². The lowest BCUT2D eigenvalue weighted by Gasteiger charge is -1.90. The van der Waals surface area contributed by atoms with E-state index in [1.807, 2.05) is 0 Å². The van der Waals surface area contributed by atoms with Crippen molar-refractivity contribution in [3.05, 3.63) is 0 Å². The smallest absolute Gasteiger partial charge is 0.268 e. The van der Waals surface area contributed by atoms with Crippen molar-refractivity contribution >= 4 is 17.3 Å². The van der Waals surface area contributed by atoms with Crippen molar-refractivity contribution in [2.24, 2.45) is 5.73 Å². The molecule has 0 saturated carbocycles. The molecule has 1 amide bonds. The molecule has 0 aliphatic heterocycles. The molecular weight excluding hydrogens is 106 g/mol. The van der Waals surface area contributed by atoms with Crippen molar-refractivity contribution in [2.45, 2.75) is 6.92 Å². The molecule has 0 rings (SSSR count). The Balaban J connectivity index is 4.05. The van der Waals surface area contributed by atoms with Crippen LogP contribution in [0.5, 0.6) is 0 Å². The standard InChI is InChI=1S/C4H7N3O/c1-2(5)3(6)4(7)8/h5-6H,1H3,(H2,7,8). The Morgan fingerprint density at radius 3 is 1.88 bits per heavy atom. The molecule has 0 unspecified atom stereocenters. The second-order valence-corrected chi connectivity index (χ2v) is 1.36. The number of rotatable bonds is 2. The quantitative estimate of drug-likeness (QED) is 0.415. The highest BCUT2D eigenvalue weighted by Gasteiger charge is 2.03. The minimum atomic E-state index is -0.850. The van der Waals surface area contributed by atoms with Gasteiger partial charge in [0, 0.05) is 0 Å². The number of nitrogens with two attached hydrogens (primary N) is 1. The summed E-state index contributed by atoms with van der Waals surface area (Å²) >= 11 is 0. The molecule has 4 N–H and O–H groups in total. The lowest BCUT2D eigenvalue weighted by Crippen LogP contribution is -2.27. The fourth-order valence-corrected chi connectivity index (χ4v) is 0.185. The second kappa shape index (κ2) is 2.20. The Morgan fingerprint density at radius 1 is 1.50 bits per heavy atom. The van der Waals surface area contributed by atoms with Gasteiger partial charge in [-0.3, -0.25) is 10.2 Å². The fourth-order valence-electron chi connectivity index (χ4n) is 0.185. The van der Waals surface area contributed by atoms with Gasteiger partial charge in [0.2, 0.25) is 0 Å². The average Bonchev–Trinajstić information content (AvgIpc) is 1.64. The van der Waals surface area contributed by atoms with Crippen molar-refractivity contribution in [3.63, 3.8) is 0 Å². The van der Waals surface area contributed by atoms with Gasteiger partial charge in [-0.2, -0.15) is 0 Å². The van der Waals surface area contributed by atoms with E-state index in [1.165, 1.54) is 6.92 Å². The van der Waals surface area contributed by atoms with E-state index in [9.17, 15) is 4.79 Å². The minimum Gasteiger partial charge on any atom is -0.364 e. The molecule has 0 aromatic heterocycles. The molecule has 0 heterocycles. The van der Waals surface area contributed by atoms with Crippen LogP contribution in [0.1, 0.15) is 6.92 Å². The predicted octanol–water partition coefficient (Wildman–Crippen LogP) is -0.469. The van der Waals surface area contributed by atoms with E-state index in [-0.39, 0.29) is 5.71 Å². The number of carbonyl (C=O) groups is 1. The van der Waals surface area contributed by atoms with Crippen LogP contribution in [0.25, 0.3) is 0 Å². The van der Waals surface area contributed by atoms with Crippen LogP contribution in [0.2, 0.25) is 0 Å². The van der Waals surface area contributed by atoms with Crippen LogP contribution >= 0.6 is 0 Å². The SMILES string of the molecule is CC(=N)C(=N)C(N)=O. The number of nitrogens with one attached hydrogen (secondary N) is 2. The van der Waals surface area contributed by atoms with Crippen LogP contribution in [0, 0.1) is 10.8 Å². The Bertz CT molecular complexity index is 133. The van der Waals surface area contributed by atoms with Gasteiger partial charge in [0.1, 0.15) is 5.71 Å². The van der Waals surface area contributed by atoms with Crippen LogP contribution in [0.3, 0.4) is 0 Å². The third-order valence-corrected chi connectivity index (χ3v) is 0.621. The zero-order chi connectivity index (χ0) is 6.73. The molecule has 0 fully saturated rings. The van der Waals surface area contributed by atoms with Gasteiger partial charge >= 0.3 is 0 Å². The van der Waals surface area contributed by atoms with Crippen molar-refractivity contribution in [1.82, 2.24) is 0 Å². The van der Waals surface area contributed by atoms with Crippen LogP contribution in [0.15, 0.2) is 0 Å². The molecule has 4 nitrogen and oxygen atoms in total. The third-order valence-electron chi connectivity index (χ3n) is 0.621. The summed E-state index contributed by atoms with van der Waals surface area (Å²) in [7, 11) is 0. The summed E-state index contributed by atoms with van der Waals surface area (Å²) in [6.07, 6.45) is 0. The summed E-state index contributed by atoms with van der Waals surface area (Å²) in [5.74, 6) is -0.850. The molecule has 0 bridgehead atoms. The normalized spacial score (nSPS) is 8.12. The van der Waals surface area contributed by atoms with E-state index >= 15 is 0 Å². The Hall–Kier alpha value is -1.19. The molecule has 0 radical (unpaired) electrons. The largest absolute Gasteiger partial charge is 0.364 e. The number of primary amides is 1. The fraction of sp³-hybridized carbons (Fsp3) is 0.250. The number of amides is 1. The van der Waals surface area contributed by atoms with Crippen molar-refractivity contribution in [1.29, 1.82) is 10.8 Å². The minimum absolute atomic E-state index is 0.0995. The molecule has 0 aromatic rings. The van der Waals surface area contributed by atoms with Crippen LogP contribution < -0.4 is 5.73 Å². The maximum atomic E-state index is 10.00. The van der Waals surface area contributed by atoms with Gasteiger partial charge in [0.15, 0.2) is 0 Å². The summed E-state index contributed by atoms with van der Waals surface area (Å²) < 4.78 is 0. The first-order valence-electron chi connectivity index (χ1n) is 1.99. The summed E-state index contributed by atoms with van der Waals surface area (Å²) in [6.45, 7) is 1.34. The van der Waals surface area contributed by atoms with E-state index in [1.54, 1.807) is 0 Å². The zero-order valence-electron chi connectivity index (χ0n) is 4.49. The summed E-state index contributed by atoms with van der Waals surface area (Å²) in [4.78, 5) is 10.00. The average molecular weight is 113 g/mol. The van der Waals surface area contributed by atoms with Gasteiger partial charge in [0.05, 0.1) is 5.71 Å². The third kappa shape index (κ3) is 1.51. The highest BCUT2D eigenvalue weighted by Crippen LogP contribution is 1.72. The van der Waals surface area contributed by atoms with Gasteiger partial charge in [0.25, 0.3) is 5.91 Å². The van der Waals surface area contributed by atoms with E-state index < -0.39 is 11.6 Å². The van der Waals surface area contributed by atoms with Crippen LogP contribution in [-0.2, 0) is 4.79 Å². The number of hydrogen-bond donors (Lipinski definition) is 3. The topological polar surface area (TPSA) is 90.8 Å². The van der Waals surface area contributed by atoms with Gasteiger partial charge in [-0.25, -0.2) is 0 Å². The molecule has 0 aromatic carbocycles. The number of carbonyl (C=O) groups excluding carboxylic acids is 1. The van der Waals surface area contributed by atoms with Gasteiger partial charge in [-0.1, -0.05) is 0 Å². The van der Waals surface area contributed by atoms with Crippen molar-refractivity contribution in [2.75, 3.05) is 0 Å². The van der Waals surface area contributed by atoms with E-state index in [0.29, 0.717) is 0 Å². The molecule has 8 heavy (non-hydrogen) atoms. The highest BCUT2D eigenvalue weighted by atomic mass is 16.1. The lowest BCUT2D eigenvalue weighted by atomic mass is 10.2. The summed E-state index contributed by atoms with van der Waals surface area (Å²) in [5, 5.41) is 13.4. The maximum Gasteiger partial charge on any atom is 0.268 e. The molecular formula is C4H7N3O. The Labute approximate surface area is 46.7 Å². The summed E-state index contributed by atoms with van der Waals surface area (Å²) in [6, 6.07) is 0. The number of hydrogen-bond acceptors (Lipinski definition) is 3. The maximum absolute atomic E-state index is 10.00. The van der Waals surface area contributed by atoms with Gasteiger partial charge in [-0.15, -0.1) is 0 Å². The van der Waals surface area contributed by atoms with E-state index in [0.717, 1.165) is 0 Å². The predicted molar refractivity (Wildman–Crippen MR) is 30.3 cm³/mol. The second-order valence-electron chi connectivity index (χ2n) is 1.36. The van der Waals surface area contributed by atoms with Crippen LogP contribution in [0.4, 0.5) is 0 Å². The van der Waals surface area contributed by atoms with Gasteiger partial charge < -0.3 is 11.1 Å². The van der Waals surface area contributed by atoms with Crippen molar-refractivity contribution in [3.8, 4) is 0 Å². The molecule has 0 spiro atoms. The molecule has 44 valence electrons. The van der Waals surface area contributed by atoms with Crippen molar-refractivity contribution < 1.29 is 4.79 Å². The Kier molecular flexibility index (Phi) is 1.88. The molecule has 0 atom stereocenters. The zero-order valence-corrected chi connectivity index (χ0v) is 4.49. The van der Waals surface area contributed by atoms with E-state index in [4.69, 9.17) is 10.8 Å². The first-order valence-corrected chi connectivity index (χ1v) is 1.99. The van der Waals surface area contributed by atoms with E-state index in [2.05, 4.69) is 5.73 Å². The first-order chi connectivity index (χ1) is 3.55. The van der Waals surface area contributed by atoms with Gasteiger partial charge in [-0.05, 0) is 6.92 Å². The molecule has 0 aliphatic rings.